The van der Waals surface area contributed by atoms with Gasteiger partial charge in [0.25, 0.3) is 0 Å². The number of nitrogens with two attached hydrogens (primary N) is 1. The minimum atomic E-state index is -3.71. The molecule has 5 nitrogen and oxygen atoms in total. The second-order valence-electron chi connectivity index (χ2n) is 3.07. The van der Waals surface area contributed by atoms with Crippen molar-refractivity contribution in [1.29, 1.82) is 0 Å². The van der Waals surface area contributed by atoms with Crippen molar-refractivity contribution in [3.63, 3.8) is 0 Å². The van der Waals surface area contributed by atoms with Crippen LogP contribution in [0.25, 0.3) is 0 Å². The maximum Gasteiger partial charge on any atom is 0.230 e. The lowest BCUT2D eigenvalue weighted by molar-refractivity contribution is -0.118. The van der Waals surface area contributed by atoms with Gasteiger partial charge in [-0.25, -0.2) is 13.6 Å². The maximum absolute atomic E-state index is 11.2. The Labute approximate surface area is 93.9 Å². The summed E-state index contributed by atoms with van der Waals surface area (Å²) < 4.78 is 22.4. The van der Waals surface area contributed by atoms with Gasteiger partial charge in [-0.3, -0.25) is 4.79 Å². The molecule has 0 aromatic heterocycles. The highest BCUT2D eigenvalue weighted by Crippen LogP contribution is 2.11. The van der Waals surface area contributed by atoms with Crippen molar-refractivity contribution >= 4 is 28.6 Å². The molecule has 7 heteroatoms. The van der Waals surface area contributed by atoms with Crippen LogP contribution in [-0.2, 0) is 14.8 Å². The summed E-state index contributed by atoms with van der Waals surface area (Å²) >= 11 is 3.78. The first-order valence-corrected chi connectivity index (χ1v) is 6.46. The molecule has 1 amide bonds. The summed E-state index contributed by atoms with van der Waals surface area (Å²) in [5.74, 6) is -0.331. The maximum atomic E-state index is 11.2. The monoisotopic (exact) mass is 248 g/mol. The third kappa shape index (κ3) is 3.37. The van der Waals surface area contributed by atoms with E-state index < -0.39 is 21.3 Å². The zero-order valence-electron chi connectivity index (χ0n) is 7.83. The Morgan fingerprint density at radius 1 is 1.40 bits per heavy atom. The van der Waals surface area contributed by atoms with Crippen molar-refractivity contribution in [1.82, 2.24) is 5.32 Å². The quantitative estimate of drug-likeness (QED) is 0.570. The summed E-state index contributed by atoms with van der Waals surface area (Å²) in [6, 6.07) is -0.621. The minimum Gasteiger partial charge on any atom is -0.347 e. The van der Waals surface area contributed by atoms with Gasteiger partial charge in [0, 0.05) is 0 Å². The van der Waals surface area contributed by atoms with Gasteiger partial charge in [0.2, 0.25) is 15.9 Å². The smallest absolute Gasteiger partial charge is 0.230 e. The van der Waals surface area contributed by atoms with Crippen LogP contribution >= 0.6 is 12.6 Å². The summed E-state index contributed by atoms with van der Waals surface area (Å²) in [6.07, 6.45) is 6.26. The number of hydrogen-bond acceptors (Lipinski definition) is 4. The topological polar surface area (TPSA) is 89.3 Å². The normalized spacial score (nSPS) is 25.2. The average Bonchev–Trinajstić information content (AvgIpc) is 2.17. The second-order valence-corrected chi connectivity index (χ2v) is 5.11. The lowest BCUT2D eigenvalue weighted by atomic mass is 10.1. The Bertz CT molecular complexity index is 400. The predicted molar refractivity (Wildman–Crippen MR) is 61.0 cm³/mol. The van der Waals surface area contributed by atoms with Crippen LogP contribution in [0.2, 0.25) is 0 Å². The van der Waals surface area contributed by atoms with Gasteiger partial charge in [-0.15, -0.1) is 0 Å². The van der Waals surface area contributed by atoms with E-state index in [0.29, 0.717) is 0 Å². The first-order valence-electron chi connectivity index (χ1n) is 4.22. The van der Waals surface area contributed by atoms with Crippen LogP contribution in [0.3, 0.4) is 0 Å². The fraction of sp³-hybridized carbons (Fsp3) is 0.375. The third-order valence-electron chi connectivity index (χ3n) is 1.93. The van der Waals surface area contributed by atoms with Crippen LogP contribution in [0.5, 0.6) is 0 Å². The summed E-state index contributed by atoms with van der Waals surface area (Å²) in [4.78, 5) is 11.1. The molecule has 3 N–H and O–H groups in total. The van der Waals surface area contributed by atoms with E-state index in [2.05, 4.69) is 17.9 Å². The molecule has 2 unspecified atom stereocenters. The van der Waals surface area contributed by atoms with Crippen LogP contribution < -0.4 is 10.5 Å². The van der Waals surface area contributed by atoms with Crippen LogP contribution in [0.15, 0.2) is 24.3 Å². The van der Waals surface area contributed by atoms with E-state index in [1.165, 1.54) is 6.08 Å². The third-order valence-corrected chi connectivity index (χ3v) is 3.43. The van der Waals surface area contributed by atoms with E-state index in [-0.39, 0.29) is 11.7 Å². The van der Waals surface area contributed by atoms with Gasteiger partial charge in [-0.05, 0) is 0 Å². The van der Waals surface area contributed by atoms with Crippen LogP contribution in [0.4, 0.5) is 0 Å². The van der Waals surface area contributed by atoms with Gasteiger partial charge in [-0.2, -0.15) is 12.6 Å². The van der Waals surface area contributed by atoms with Gasteiger partial charge in [0.05, 0.1) is 11.8 Å². The highest BCUT2D eigenvalue weighted by atomic mass is 32.2. The van der Waals surface area contributed by atoms with Crippen molar-refractivity contribution in [2.24, 2.45) is 5.14 Å². The van der Waals surface area contributed by atoms with Crippen LogP contribution in [-0.4, -0.2) is 31.4 Å². The molecule has 1 aliphatic rings. The van der Waals surface area contributed by atoms with Crippen molar-refractivity contribution in [2.45, 2.75) is 11.3 Å². The molecule has 0 bridgehead atoms. The summed E-state index contributed by atoms with van der Waals surface area (Å²) in [7, 11) is -3.71. The minimum absolute atomic E-state index is 0.00535. The number of nitrogens with one attached hydrogen (secondary N) is 1. The molecule has 84 valence electrons. The molecule has 0 heterocycles. The molecule has 0 aliphatic heterocycles. The van der Waals surface area contributed by atoms with E-state index in [1.807, 2.05) is 0 Å². The van der Waals surface area contributed by atoms with E-state index in [1.54, 1.807) is 18.2 Å². The number of primary sulfonamides is 1. The van der Waals surface area contributed by atoms with Gasteiger partial charge in [0.1, 0.15) is 5.25 Å². The Hall–Kier alpha value is -0.790. The Kier molecular flexibility index (Phi) is 3.95. The van der Waals surface area contributed by atoms with Gasteiger partial charge < -0.3 is 5.32 Å². The molecule has 0 fully saturated rings. The lowest BCUT2D eigenvalue weighted by Gasteiger charge is -2.22. The highest BCUT2D eigenvalue weighted by molar-refractivity contribution is 7.90. The molecule has 2 atom stereocenters. The highest BCUT2D eigenvalue weighted by Gasteiger charge is 2.29. The first kappa shape index (κ1) is 12.3. The van der Waals surface area contributed by atoms with Crippen LogP contribution in [0.1, 0.15) is 0 Å². The van der Waals surface area contributed by atoms with Gasteiger partial charge in [-0.1, -0.05) is 24.3 Å². The molecule has 0 saturated heterocycles. The molecular formula is C8H12N2O3S2. The second kappa shape index (κ2) is 4.82. The molecular weight excluding hydrogens is 236 g/mol. The number of sulfonamides is 1. The van der Waals surface area contributed by atoms with E-state index in [9.17, 15) is 13.2 Å². The summed E-state index contributed by atoms with van der Waals surface area (Å²) in [6.45, 7) is 0. The molecule has 1 rings (SSSR count). The summed E-state index contributed by atoms with van der Waals surface area (Å²) in [5.41, 5.74) is 0. The molecule has 15 heavy (non-hydrogen) atoms. The fourth-order valence-electron chi connectivity index (χ4n) is 1.26. The number of carbonyl (C=O) groups excluding carboxylic acids is 1. The molecule has 0 radical (unpaired) electrons. The van der Waals surface area contributed by atoms with Crippen molar-refractivity contribution in [3.05, 3.63) is 24.3 Å². The molecule has 1 aliphatic carbocycles. The first-order chi connectivity index (χ1) is 6.95. The van der Waals surface area contributed by atoms with Crippen molar-refractivity contribution < 1.29 is 13.2 Å². The molecule has 0 aromatic rings. The SMILES string of the molecule is NS(=O)(=O)C1C=CC=CC1NC(=O)CS. The number of hydrogen-bond donors (Lipinski definition) is 3. The zero-order valence-corrected chi connectivity index (χ0v) is 9.54. The van der Waals surface area contributed by atoms with Crippen LogP contribution in [0, 0.1) is 0 Å². The number of thiol groups is 1. The van der Waals surface area contributed by atoms with Crippen molar-refractivity contribution in [2.75, 3.05) is 5.75 Å². The molecule has 0 spiro atoms. The van der Waals surface area contributed by atoms with E-state index >= 15 is 0 Å². The molecule has 0 saturated carbocycles. The van der Waals surface area contributed by atoms with E-state index in [0.717, 1.165) is 0 Å². The van der Waals surface area contributed by atoms with Crippen molar-refractivity contribution in [3.8, 4) is 0 Å². The Balaban J connectivity index is 2.82. The van der Waals surface area contributed by atoms with Gasteiger partial charge >= 0.3 is 0 Å². The van der Waals surface area contributed by atoms with E-state index in [4.69, 9.17) is 5.14 Å². The summed E-state index contributed by atoms with van der Waals surface area (Å²) in [5, 5.41) is 6.64. The zero-order chi connectivity index (χ0) is 11.5. The number of carbonyl (C=O) groups is 1. The number of amides is 1. The molecule has 0 aromatic carbocycles. The standard InChI is InChI=1S/C8H12N2O3S2/c9-15(12,13)7-4-2-1-3-6(7)10-8(11)5-14/h1-4,6-7,14H,5H2,(H,10,11)(H2,9,12,13). The number of allylic oxidation sites excluding steroid dienone is 2. The Morgan fingerprint density at radius 3 is 2.53 bits per heavy atom. The Morgan fingerprint density at radius 2 is 2.00 bits per heavy atom. The largest absolute Gasteiger partial charge is 0.347 e. The predicted octanol–water partition coefficient (Wildman–Crippen LogP) is -0.816. The number of rotatable bonds is 3. The average molecular weight is 248 g/mol. The fourth-order valence-corrected chi connectivity index (χ4v) is 2.23. The lowest BCUT2D eigenvalue weighted by Crippen LogP contribution is -2.48. The van der Waals surface area contributed by atoms with Gasteiger partial charge in [0.15, 0.2) is 0 Å².